The van der Waals surface area contributed by atoms with Crippen LogP contribution in [0.25, 0.3) is 0 Å². The molecule has 0 spiro atoms. The van der Waals surface area contributed by atoms with Gasteiger partial charge >= 0.3 is 0 Å². The number of hydrogen-bond donors (Lipinski definition) is 0. The van der Waals surface area contributed by atoms with Crippen molar-refractivity contribution < 1.29 is 4.65 Å². The molecular formula is C5H12BO. The minimum Gasteiger partial charge on any atom is -0.436 e. The molecule has 0 aromatic heterocycles. The average Bonchev–Trinajstić information content (AvgIpc) is 1.30. The molecule has 0 fully saturated rings. The third-order valence-electron chi connectivity index (χ3n) is 0.471. The van der Waals surface area contributed by atoms with Gasteiger partial charge in [-0.2, -0.15) is 0 Å². The lowest BCUT2D eigenvalue weighted by Crippen LogP contribution is -2.19. The maximum Gasteiger partial charge on any atom is 0.289 e. The maximum atomic E-state index is 5.10. The Morgan fingerprint density at radius 2 is 1.71 bits per heavy atom. The van der Waals surface area contributed by atoms with E-state index in [-0.39, 0.29) is 5.60 Å². The predicted molar refractivity (Wildman–Crippen MR) is 32.5 cm³/mol. The van der Waals surface area contributed by atoms with Crippen molar-refractivity contribution in [1.29, 1.82) is 0 Å². The Balaban J connectivity index is 3.15. The van der Waals surface area contributed by atoms with Gasteiger partial charge in [-0.15, -0.1) is 0 Å². The van der Waals surface area contributed by atoms with Crippen LogP contribution in [0.15, 0.2) is 0 Å². The molecule has 0 N–H and O–H groups in total. The van der Waals surface area contributed by atoms with Gasteiger partial charge in [0, 0.05) is 5.60 Å². The molecule has 0 aromatic rings. The fraction of sp³-hybridized carbons (Fsp3) is 1.00. The first-order valence-electron chi connectivity index (χ1n) is 2.52. The van der Waals surface area contributed by atoms with Crippen LogP contribution in [0.4, 0.5) is 0 Å². The zero-order valence-corrected chi connectivity index (χ0v) is 5.49. The van der Waals surface area contributed by atoms with Crippen molar-refractivity contribution >= 4 is 7.48 Å². The molecule has 0 saturated heterocycles. The lowest BCUT2D eigenvalue weighted by Gasteiger charge is -2.17. The fourth-order valence-electron chi connectivity index (χ4n) is 0.354. The molecule has 0 unspecified atom stereocenters. The molecule has 0 atom stereocenters. The molecule has 0 amide bonds. The van der Waals surface area contributed by atoms with Gasteiger partial charge in [0.05, 0.1) is 0 Å². The normalized spacial score (nSPS) is 11.4. The van der Waals surface area contributed by atoms with E-state index in [0.29, 0.717) is 0 Å². The molecule has 1 radical (unpaired) electrons. The highest BCUT2D eigenvalue weighted by molar-refractivity contribution is 6.24. The minimum absolute atomic E-state index is 0.00521. The smallest absolute Gasteiger partial charge is 0.289 e. The van der Waals surface area contributed by atoms with E-state index in [1.54, 1.807) is 7.48 Å². The minimum atomic E-state index is -0.00521. The van der Waals surface area contributed by atoms with Crippen molar-refractivity contribution in [2.45, 2.75) is 33.2 Å². The molecule has 7 heavy (non-hydrogen) atoms. The molecule has 0 rings (SSSR count). The molecule has 0 aliphatic heterocycles. The van der Waals surface area contributed by atoms with Gasteiger partial charge in [0.25, 0.3) is 7.48 Å². The number of rotatable bonds is 1. The SMILES string of the molecule is C[B]OC(C)(C)C. The third kappa shape index (κ3) is 6.02. The predicted octanol–water partition coefficient (Wildman–Crippen LogP) is 1.47. The summed E-state index contributed by atoms with van der Waals surface area (Å²) in [6, 6.07) is 0. The van der Waals surface area contributed by atoms with Gasteiger partial charge in [0.2, 0.25) is 0 Å². The van der Waals surface area contributed by atoms with Gasteiger partial charge in [-0.25, -0.2) is 0 Å². The van der Waals surface area contributed by atoms with Crippen LogP contribution in [0, 0.1) is 0 Å². The second-order valence-electron chi connectivity index (χ2n) is 2.47. The first-order chi connectivity index (χ1) is 3.06. The summed E-state index contributed by atoms with van der Waals surface area (Å²) in [4.78, 5) is 0. The van der Waals surface area contributed by atoms with Gasteiger partial charge in [-0.1, -0.05) is 6.82 Å². The zero-order chi connectivity index (χ0) is 5.91. The van der Waals surface area contributed by atoms with Crippen LogP contribution in [0.1, 0.15) is 20.8 Å². The first-order valence-corrected chi connectivity index (χ1v) is 2.52. The Morgan fingerprint density at radius 1 is 1.29 bits per heavy atom. The van der Waals surface area contributed by atoms with Crippen molar-refractivity contribution in [3.8, 4) is 0 Å². The summed E-state index contributed by atoms with van der Waals surface area (Å²) in [5, 5.41) is 0. The second kappa shape index (κ2) is 2.36. The lowest BCUT2D eigenvalue weighted by molar-refractivity contribution is 0.140. The summed E-state index contributed by atoms with van der Waals surface area (Å²) in [5.41, 5.74) is -0.00521. The van der Waals surface area contributed by atoms with Crippen LogP contribution in [-0.4, -0.2) is 13.1 Å². The van der Waals surface area contributed by atoms with Crippen molar-refractivity contribution in [2.75, 3.05) is 0 Å². The van der Waals surface area contributed by atoms with Crippen molar-refractivity contribution in [1.82, 2.24) is 0 Å². The molecule has 0 bridgehead atoms. The molecule has 2 heteroatoms. The molecule has 0 heterocycles. The Kier molecular flexibility index (Phi) is 2.37. The highest BCUT2D eigenvalue weighted by Crippen LogP contribution is 2.03. The summed E-state index contributed by atoms with van der Waals surface area (Å²) in [6.07, 6.45) is 0. The van der Waals surface area contributed by atoms with Gasteiger partial charge in [-0.3, -0.25) is 0 Å². The zero-order valence-electron chi connectivity index (χ0n) is 5.49. The van der Waals surface area contributed by atoms with Gasteiger partial charge in [0.15, 0.2) is 0 Å². The monoisotopic (exact) mass is 99.1 g/mol. The maximum absolute atomic E-state index is 5.10. The molecule has 0 saturated carbocycles. The number of hydrogen-bond acceptors (Lipinski definition) is 1. The molecule has 0 aliphatic carbocycles. The van der Waals surface area contributed by atoms with E-state index < -0.39 is 0 Å². The second-order valence-corrected chi connectivity index (χ2v) is 2.47. The summed E-state index contributed by atoms with van der Waals surface area (Å²) in [5.74, 6) is 0. The van der Waals surface area contributed by atoms with Crippen molar-refractivity contribution in [3.05, 3.63) is 0 Å². The van der Waals surface area contributed by atoms with Crippen LogP contribution in [0.5, 0.6) is 0 Å². The van der Waals surface area contributed by atoms with Crippen LogP contribution in [-0.2, 0) is 4.65 Å². The highest BCUT2D eigenvalue weighted by atomic mass is 16.5. The van der Waals surface area contributed by atoms with Crippen molar-refractivity contribution in [2.24, 2.45) is 0 Å². The van der Waals surface area contributed by atoms with E-state index in [1.165, 1.54) is 0 Å². The Morgan fingerprint density at radius 3 is 1.71 bits per heavy atom. The van der Waals surface area contributed by atoms with Gasteiger partial charge < -0.3 is 4.65 Å². The molecular weight excluding hydrogens is 86.9 g/mol. The standard InChI is InChI=1S/C5H12BO/c1-5(2,3)7-6-4/h1-4H3. The van der Waals surface area contributed by atoms with Gasteiger partial charge in [-0.05, 0) is 20.8 Å². The molecule has 1 nitrogen and oxygen atoms in total. The van der Waals surface area contributed by atoms with E-state index >= 15 is 0 Å². The molecule has 0 aromatic carbocycles. The van der Waals surface area contributed by atoms with Crippen LogP contribution < -0.4 is 0 Å². The Hall–Kier alpha value is 0.0249. The lowest BCUT2D eigenvalue weighted by atomic mass is 10.0. The third-order valence-corrected chi connectivity index (χ3v) is 0.471. The van der Waals surface area contributed by atoms with E-state index in [0.717, 1.165) is 0 Å². The Labute approximate surface area is 46.3 Å². The van der Waals surface area contributed by atoms with Crippen molar-refractivity contribution in [3.63, 3.8) is 0 Å². The first kappa shape index (κ1) is 7.02. The largest absolute Gasteiger partial charge is 0.436 e. The fourth-order valence-corrected chi connectivity index (χ4v) is 0.354. The topological polar surface area (TPSA) is 9.23 Å². The molecule has 0 aliphatic rings. The van der Waals surface area contributed by atoms with E-state index in [9.17, 15) is 0 Å². The van der Waals surface area contributed by atoms with E-state index in [1.807, 2.05) is 27.6 Å². The highest BCUT2D eigenvalue weighted by Gasteiger charge is 2.06. The van der Waals surface area contributed by atoms with Crippen LogP contribution in [0.3, 0.4) is 0 Å². The molecule has 41 valence electrons. The summed E-state index contributed by atoms with van der Waals surface area (Å²) in [7, 11) is 1.71. The average molecular weight is 99.0 g/mol. The Bertz CT molecular complexity index is 46.5. The van der Waals surface area contributed by atoms with Crippen LogP contribution in [0.2, 0.25) is 6.82 Å². The summed E-state index contributed by atoms with van der Waals surface area (Å²) < 4.78 is 5.10. The van der Waals surface area contributed by atoms with E-state index in [2.05, 4.69) is 0 Å². The quantitative estimate of drug-likeness (QED) is 0.452. The van der Waals surface area contributed by atoms with Crippen LogP contribution >= 0.6 is 0 Å². The van der Waals surface area contributed by atoms with Gasteiger partial charge in [0.1, 0.15) is 0 Å². The summed E-state index contributed by atoms with van der Waals surface area (Å²) in [6.45, 7) is 7.94. The summed E-state index contributed by atoms with van der Waals surface area (Å²) >= 11 is 0. The van der Waals surface area contributed by atoms with E-state index in [4.69, 9.17) is 4.65 Å².